The summed E-state index contributed by atoms with van der Waals surface area (Å²) in [4.78, 5) is 12.7. The third kappa shape index (κ3) is 5.53. The van der Waals surface area contributed by atoms with Gasteiger partial charge in [0.1, 0.15) is 5.82 Å². The lowest BCUT2D eigenvalue weighted by Crippen LogP contribution is -2.28. The molecule has 0 radical (unpaired) electrons. The van der Waals surface area contributed by atoms with E-state index < -0.39 is 5.97 Å². The Morgan fingerprint density at radius 1 is 1.45 bits per heavy atom. The summed E-state index contributed by atoms with van der Waals surface area (Å²) in [6.07, 6.45) is 4.63. The Kier molecular flexibility index (Phi) is 6.39. The Hall–Kier alpha value is -1.68. The highest BCUT2D eigenvalue weighted by atomic mass is 19.1. The molecule has 110 valence electrons. The second kappa shape index (κ2) is 7.80. The van der Waals surface area contributed by atoms with Crippen LogP contribution < -0.4 is 0 Å². The number of carbonyl (C=O) groups is 1. The summed E-state index contributed by atoms with van der Waals surface area (Å²) in [6, 6.07) is 5.07. The molecule has 0 fully saturated rings. The second-order valence-electron chi connectivity index (χ2n) is 5.12. The normalized spacial score (nSPS) is 13.1. The number of aliphatic carboxylic acids is 1. The number of benzene rings is 1. The summed E-state index contributed by atoms with van der Waals surface area (Å²) in [7, 11) is 2.01. The molecule has 1 unspecified atom stereocenters. The maximum Gasteiger partial charge on any atom is 0.328 e. The maximum absolute atomic E-state index is 13.6. The highest BCUT2D eigenvalue weighted by Gasteiger charge is 2.09. The van der Waals surface area contributed by atoms with Gasteiger partial charge in [-0.15, -0.1) is 0 Å². The summed E-state index contributed by atoms with van der Waals surface area (Å²) < 4.78 is 13.6. The Morgan fingerprint density at radius 3 is 2.75 bits per heavy atom. The molecule has 0 spiro atoms. The number of carboxylic acid groups (broad SMARTS) is 1. The topological polar surface area (TPSA) is 40.5 Å². The first-order valence-electron chi connectivity index (χ1n) is 6.83. The fourth-order valence-corrected chi connectivity index (χ4v) is 2.11. The van der Waals surface area contributed by atoms with Crippen LogP contribution in [0.25, 0.3) is 6.08 Å². The number of rotatable bonds is 7. The quantitative estimate of drug-likeness (QED) is 0.776. The lowest BCUT2D eigenvalue weighted by molar-refractivity contribution is -0.131. The van der Waals surface area contributed by atoms with Crippen LogP contribution in [0.4, 0.5) is 4.39 Å². The van der Waals surface area contributed by atoms with E-state index in [0.717, 1.165) is 24.5 Å². The largest absolute Gasteiger partial charge is 0.478 e. The van der Waals surface area contributed by atoms with E-state index in [1.54, 1.807) is 0 Å². The third-order valence-electron chi connectivity index (χ3n) is 3.29. The van der Waals surface area contributed by atoms with Gasteiger partial charge in [-0.3, -0.25) is 4.90 Å². The Labute approximate surface area is 119 Å². The molecular weight excluding hydrogens is 257 g/mol. The van der Waals surface area contributed by atoms with Crippen LogP contribution in [0.1, 0.15) is 37.8 Å². The zero-order chi connectivity index (χ0) is 15.1. The van der Waals surface area contributed by atoms with E-state index in [-0.39, 0.29) is 5.82 Å². The van der Waals surface area contributed by atoms with Gasteiger partial charge in [-0.2, -0.15) is 0 Å². The first kappa shape index (κ1) is 16.4. The minimum absolute atomic E-state index is 0.343. The fourth-order valence-electron chi connectivity index (χ4n) is 2.11. The van der Waals surface area contributed by atoms with E-state index >= 15 is 0 Å². The molecule has 0 saturated carbocycles. The molecular formula is C16H22FNO2. The summed E-state index contributed by atoms with van der Waals surface area (Å²) >= 11 is 0. The van der Waals surface area contributed by atoms with E-state index in [9.17, 15) is 9.18 Å². The summed E-state index contributed by atoms with van der Waals surface area (Å²) in [5, 5.41) is 8.60. The van der Waals surface area contributed by atoms with Gasteiger partial charge in [-0.25, -0.2) is 9.18 Å². The maximum atomic E-state index is 13.6. The number of hydrogen-bond donors (Lipinski definition) is 1. The van der Waals surface area contributed by atoms with Gasteiger partial charge >= 0.3 is 5.97 Å². The minimum atomic E-state index is -1.04. The van der Waals surface area contributed by atoms with Gasteiger partial charge in [-0.1, -0.05) is 19.4 Å². The van der Waals surface area contributed by atoms with Gasteiger partial charge in [0.05, 0.1) is 0 Å². The highest BCUT2D eigenvalue weighted by Crippen LogP contribution is 2.15. The standard InChI is InChI=1S/C16H22FNO2/c1-4-5-12(2)18(3)11-14-8-13(6-7-16(19)20)9-15(17)10-14/h6-10,12H,4-5,11H2,1-3H3,(H,19,20). The Morgan fingerprint density at radius 2 is 2.15 bits per heavy atom. The average molecular weight is 279 g/mol. The first-order valence-corrected chi connectivity index (χ1v) is 6.83. The van der Waals surface area contributed by atoms with Gasteiger partial charge in [-0.05, 0) is 49.7 Å². The minimum Gasteiger partial charge on any atom is -0.478 e. The fraction of sp³-hybridized carbons (Fsp3) is 0.438. The summed E-state index contributed by atoms with van der Waals surface area (Å²) in [6.45, 7) is 4.93. The van der Waals surface area contributed by atoms with E-state index in [1.807, 2.05) is 13.1 Å². The lowest BCUT2D eigenvalue weighted by Gasteiger charge is -2.24. The van der Waals surface area contributed by atoms with Crippen LogP contribution in [0.15, 0.2) is 24.3 Å². The molecule has 0 saturated heterocycles. The van der Waals surface area contributed by atoms with E-state index in [4.69, 9.17) is 5.11 Å². The molecule has 1 aromatic rings. The van der Waals surface area contributed by atoms with Crippen molar-refractivity contribution in [2.75, 3.05) is 7.05 Å². The molecule has 0 bridgehead atoms. The monoisotopic (exact) mass is 279 g/mol. The molecule has 4 heteroatoms. The van der Waals surface area contributed by atoms with Crippen molar-refractivity contribution in [3.05, 3.63) is 41.2 Å². The van der Waals surface area contributed by atoms with Crippen LogP contribution >= 0.6 is 0 Å². The van der Waals surface area contributed by atoms with Crippen LogP contribution in [0.5, 0.6) is 0 Å². The Bertz CT molecular complexity index is 485. The summed E-state index contributed by atoms with van der Waals surface area (Å²) in [5.74, 6) is -1.38. The molecule has 3 nitrogen and oxygen atoms in total. The molecule has 1 rings (SSSR count). The van der Waals surface area contributed by atoms with Crippen molar-refractivity contribution in [3.63, 3.8) is 0 Å². The van der Waals surface area contributed by atoms with Crippen molar-refractivity contribution in [3.8, 4) is 0 Å². The number of halogens is 1. The molecule has 1 atom stereocenters. The zero-order valence-electron chi connectivity index (χ0n) is 12.3. The van der Waals surface area contributed by atoms with Crippen LogP contribution in [-0.2, 0) is 11.3 Å². The summed E-state index contributed by atoms with van der Waals surface area (Å²) in [5.41, 5.74) is 1.42. The molecule has 0 amide bonds. The SMILES string of the molecule is CCCC(C)N(C)Cc1cc(F)cc(C=CC(=O)O)c1. The molecule has 1 N–H and O–H groups in total. The second-order valence-corrected chi connectivity index (χ2v) is 5.12. The van der Waals surface area contributed by atoms with Crippen molar-refractivity contribution in [1.29, 1.82) is 0 Å². The molecule has 20 heavy (non-hydrogen) atoms. The van der Waals surface area contributed by atoms with Crippen molar-refractivity contribution < 1.29 is 14.3 Å². The van der Waals surface area contributed by atoms with Crippen LogP contribution in [0, 0.1) is 5.82 Å². The molecule has 0 heterocycles. The molecule has 0 aliphatic carbocycles. The number of carboxylic acids is 1. The van der Waals surface area contributed by atoms with Crippen molar-refractivity contribution >= 4 is 12.0 Å². The molecule has 0 aliphatic rings. The number of hydrogen-bond acceptors (Lipinski definition) is 2. The van der Waals surface area contributed by atoms with Crippen molar-refractivity contribution in [1.82, 2.24) is 4.90 Å². The smallest absolute Gasteiger partial charge is 0.328 e. The predicted octanol–water partition coefficient (Wildman–Crippen LogP) is 3.54. The van der Waals surface area contributed by atoms with Gasteiger partial charge in [0.25, 0.3) is 0 Å². The molecule has 0 aromatic heterocycles. The molecule has 0 aliphatic heterocycles. The highest BCUT2D eigenvalue weighted by molar-refractivity contribution is 5.85. The lowest BCUT2D eigenvalue weighted by atomic mass is 10.1. The zero-order valence-corrected chi connectivity index (χ0v) is 12.3. The average Bonchev–Trinajstić information content (AvgIpc) is 2.36. The van der Waals surface area contributed by atoms with Crippen molar-refractivity contribution in [2.45, 2.75) is 39.3 Å². The van der Waals surface area contributed by atoms with Crippen LogP contribution in [-0.4, -0.2) is 29.1 Å². The predicted molar refractivity (Wildman–Crippen MR) is 78.9 cm³/mol. The first-order chi connectivity index (χ1) is 9.42. The van der Waals surface area contributed by atoms with Gasteiger partial charge < -0.3 is 5.11 Å². The third-order valence-corrected chi connectivity index (χ3v) is 3.29. The van der Waals surface area contributed by atoms with Gasteiger partial charge in [0.2, 0.25) is 0 Å². The molecule has 1 aromatic carbocycles. The van der Waals surface area contributed by atoms with E-state index in [1.165, 1.54) is 18.2 Å². The van der Waals surface area contributed by atoms with Crippen LogP contribution in [0.2, 0.25) is 0 Å². The van der Waals surface area contributed by atoms with Gasteiger partial charge in [0, 0.05) is 18.7 Å². The van der Waals surface area contributed by atoms with E-state index in [2.05, 4.69) is 18.7 Å². The van der Waals surface area contributed by atoms with E-state index in [0.29, 0.717) is 18.2 Å². The van der Waals surface area contributed by atoms with Crippen molar-refractivity contribution in [2.24, 2.45) is 0 Å². The Balaban J connectivity index is 2.82. The van der Waals surface area contributed by atoms with Crippen LogP contribution in [0.3, 0.4) is 0 Å². The number of nitrogens with zero attached hydrogens (tertiary/aromatic N) is 1. The van der Waals surface area contributed by atoms with Gasteiger partial charge in [0.15, 0.2) is 0 Å².